The van der Waals surface area contributed by atoms with Gasteiger partial charge in [0.2, 0.25) is 0 Å². The van der Waals surface area contributed by atoms with E-state index in [-0.39, 0.29) is 11.3 Å². The highest BCUT2D eigenvalue weighted by molar-refractivity contribution is 8.04. The molecular formula is C24H33N5OS. The third kappa shape index (κ3) is 4.72. The van der Waals surface area contributed by atoms with Crippen LogP contribution in [0.3, 0.4) is 0 Å². The molecule has 4 rings (SSSR count). The van der Waals surface area contributed by atoms with Gasteiger partial charge in [0.1, 0.15) is 17.2 Å². The molecule has 166 valence electrons. The van der Waals surface area contributed by atoms with Crippen LogP contribution < -0.4 is 15.5 Å². The highest BCUT2D eigenvalue weighted by Gasteiger charge is 2.40. The van der Waals surface area contributed by atoms with Gasteiger partial charge in [-0.3, -0.25) is 4.79 Å². The number of carbonyl (C=O) groups excluding carboxylic acids is 1. The number of aromatic nitrogens is 2. The number of anilines is 1. The molecule has 6 nitrogen and oxygen atoms in total. The second-order valence-electron chi connectivity index (χ2n) is 9.31. The van der Waals surface area contributed by atoms with E-state index in [0.29, 0.717) is 17.4 Å². The molecule has 0 radical (unpaired) electrons. The monoisotopic (exact) mass is 439 g/mol. The van der Waals surface area contributed by atoms with Crippen LogP contribution in [-0.2, 0) is 4.79 Å². The van der Waals surface area contributed by atoms with E-state index in [9.17, 15) is 4.79 Å². The van der Waals surface area contributed by atoms with E-state index in [2.05, 4.69) is 58.1 Å². The Morgan fingerprint density at radius 3 is 2.81 bits per heavy atom. The molecule has 3 aliphatic rings. The third-order valence-electron chi connectivity index (χ3n) is 6.45. The minimum atomic E-state index is -0.106. The van der Waals surface area contributed by atoms with Gasteiger partial charge in [-0.1, -0.05) is 44.3 Å². The number of amides is 1. The summed E-state index contributed by atoms with van der Waals surface area (Å²) in [6.45, 7) is 14.3. The summed E-state index contributed by atoms with van der Waals surface area (Å²) in [6, 6.07) is 0. The summed E-state index contributed by atoms with van der Waals surface area (Å²) in [6.07, 6.45) is 10.7. The quantitative estimate of drug-likeness (QED) is 0.397. The number of rotatable bonds is 6. The van der Waals surface area contributed by atoms with Gasteiger partial charge in [0.05, 0.1) is 4.91 Å². The molecule has 0 spiro atoms. The fourth-order valence-electron chi connectivity index (χ4n) is 4.68. The summed E-state index contributed by atoms with van der Waals surface area (Å²) in [5.41, 5.74) is 3.76. The van der Waals surface area contributed by atoms with Crippen molar-refractivity contribution in [3.8, 4) is 0 Å². The molecule has 1 aliphatic carbocycles. The minimum Gasteiger partial charge on any atom is -0.351 e. The van der Waals surface area contributed by atoms with Gasteiger partial charge in [-0.05, 0) is 57.2 Å². The van der Waals surface area contributed by atoms with Crippen molar-refractivity contribution in [2.75, 3.05) is 31.1 Å². The zero-order valence-electron chi connectivity index (χ0n) is 18.8. The highest BCUT2D eigenvalue weighted by Crippen LogP contribution is 2.47. The smallest absolute Gasteiger partial charge is 0.257 e. The molecule has 3 heterocycles. The summed E-state index contributed by atoms with van der Waals surface area (Å²) in [7, 11) is 0. The lowest BCUT2D eigenvalue weighted by atomic mass is 9.84. The Kier molecular flexibility index (Phi) is 6.53. The lowest BCUT2D eigenvalue weighted by molar-refractivity contribution is -0.117. The van der Waals surface area contributed by atoms with Gasteiger partial charge >= 0.3 is 0 Å². The van der Waals surface area contributed by atoms with E-state index in [4.69, 9.17) is 0 Å². The molecule has 1 aromatic heterocycles. The highest BCUT2D eigenvalue weighted by atomic mass is 32.2. The second-order valence-corrected chi connectivity index (χ2v) is 10.4. The maximum absolute atomic E-state index is 12.6. The minimum absolute atomic E-state index is 0.0923. The number of nitrogens with zero attached hydrogens (tertiary/aromatic N) is 3. The summed E-state index contributed by atoms with van der Waals surface area (Å²) in [5, 5.41) is 7.20. The average Bonchev–Trinajstić information content (AvgIpc) is 3.05. The predicted octanol–water partition coefficient (Wildman–Crippen LogP) is 3.96. The molecule has 7 heteroatoms. The SMILES string of the molecule is C=C(Sc1ncnc(N2CC(C)(C)C3=CCCC=C32)c1C)C(=O)NCC1CCNCC1. The van der Waals surface area contributed by atoms with Crippen LogP contribution in [0.15, 0.2) is 46.3 Å². The number of fused-ring (bicyclic) bond motifs is 1. The van der Waals surface area contributed by atoms with Crippen LogP contribution in [0.4, 0.5) is 5.82 Å². The van der Waals surface area contributed by atoms with E-state index in [1.165, 1.54) is 23.0 Å². The second kappa shape index (κ2) is 9.17. The van der Waals surface area contributed by atoms with Crippen molar-refractivity contribution in [2.24, 2.45) is 11.3 Å². The summed E-state index contributed by atoms with van der Waals surface area (Å²) in [4.78, 5) is 24.5. The van der Waals surface area contributed by atoms with Crippen molar-refractivity contribution < 1.29 is 4.79 Å². The molecule has 2 N–H and O–H groups in total. The fraction of sp³-hybridized carbons (Fsp3) is 0.542. The normalized spacial score (nSPS) is 20.7. The zero-order chi connectivity index (χ0) is 22.0. The molecule has 0 saturated carbocycles. The van der Waals surface area contributed by atoms with Crippen molar-refractivity contribution in [1.82, 2.24) is 20.6 Å². The van der Waals surface area contributed by atoms with E-state index in [1.807, 2.05) is 6.92 Å². The lowest BCUT2D eigenvalue weighted by Crippen LogP contribution is -2.36. The third-order valence-corrected chi connectivity index (χ3v) is 7.49. The Balaban J connectivity index is 1.45. The van der Waals surface area contributed by atoms with Crippen LogP contribution in [0.1, 0.15) is 45.1 Å². The number of allylic oxidation sites excluding steroid dienone is 3. The molecular weight excluding hydrogens is 406 g/mol. The van der Waals surface area contributed by atoms with Gasteiger partial charge in [-0.25, -0.2) is 9.97 Å². The Labute approximate surface area is 189 Å². The van der Waals surface area contributed by atoms with Crippen LogP contribution in [-0.4, -0.2) is 42.1 Å². The van der Waals surface area contributed by atoms with Gasteiger partial charge in [-0.15, -0.1) is 0 Å². The Hall–Kier alpha value is -2.12. The van der Waals surface area contributed by atoms with E-state index in [0.717, 1.165) is 61.7 Å². The molecule has 0 unspecified atom stereocenters. The maximum Gasteiger partial charge on any atom is 0.257 e. The number of hydrogen-bond acceptors (Lipinski definition) is 6. The molecule has 2 saturated heterocycles. The Bertz CT molecular complexity index is 930. The topological polar surface area (TPSA) is 70.2 Å². The Morgan fingerprint density at radius 1 is 1.29 bits per heavy atom. The molecule has 31 heavy (non-hydrogen) atoms. The number of hydrogen-bond donors (Lipinski definition) is 2. The number of thioether (sulfide) groups is 1. The van der Waals surface area contributed by atoms with E-state index < -0.39 is 0 Å². The van der Waals surface area contributed by atoms with E-state index in [1.54, 1.807) is 6.33 Å². The molecule has 1 aromatic rings. The van der Waals surface area contributed by atoms with Crippen molar-refractivity contribution >= 4 is 23.5 Å². The Morgan fingerprint density at radius 2 is 2.03 bits per heavy atom. The first-order chi connectivity index (χ1) is 14.9. The van der Waals surface area contributed by atoms with Gasteiger partial charge in [0, 0.05) is 29.8 Å². The number of piperidine rings is 1. The first kappa shape index (κ1) is 22.1. The molecule has 0 bridgehead atoms. The first-order valence-electron chi connectivity index (χ1n) is 11.2. The fourth-order valence-corrected chi connectivity index (χ4v) is 5.42. The summed E-state index contributed by atoms with van der Waals surface area (Å²) >= 11 is 1.34. The van der Waals surface area contributed by atoms with Gasteiger partial charge < -0.3 is 15.5 Å². The van der Waals surface area contributed by atoms with Crippen LogP contribution in [0.2, 0.25) is 0 Å². The van der Waals surface area contributed by atoms with Gasteiger partial charge in [0.15, 0.2) is 0 Å². The summed E-state index contributed by atoms with van der Waals surface area (Å²) in [5.74, 6) is 1.36. The van der Waals surface area contributed by atoms with E-state index >= 15 is 0 Å². The molecule has 1 amide bonds. The average molecular weight is 440 g/mol. The van der Waals surface area contributed by atoms with Crippen LogP contribution >= 0.6 is 11.8 Å². The van der Waals surface area contributed by atoms with Crippen molar-refractivity contribution in [2.45, 2.75) is 51.5 Å². The van der Waals surface area contributed by atoms with Crippen molar-refractivity contribution in [3.05, 3.63) is 46.8 Å². The van der Waals surface area contributed by atoms with Crippen LogP contribution in [0, 0.1) is 18.3 Å². The maximum atomic E-state index is 12.6. The largest absolute Gasteiger partial charge is 0.351 e. The van der Waals surface area contributed by atoms with Crippen molar-refractivity contribution in [1.29, 1.82) is 0 Å². The molecule has 2 aliphatic heterocycles. The van der Waals surface area contributed by atoms with Crippen LogP contribution in [0.25, 0.3) is 0 Å². The zero-order valence-corrected chi connectivity index (χ0v) is 19.6. The van der Waals surface area contributed by atoms with Gasteiger partial charge in [-0.2, -0.15) is 0 Å². The van der Waals surface area contributed by atoms with Gasteiger partial charge in [0.25, 0.3) is 5.91 Å². The van der Waals surface area contributed by atoms with Crippen LogP contribution in [0.5, 0.6) is 0 Å². The molecule has 0 atom stereocenters. The number of carbonyl (C=O) groups is 1. The lowest BCUT2D eigenvalue weighted by Gasteiger charge is -2.24. The first-order valence-corrected chi connectivity index (χ1v) is 12.0. The predicted molar refractivity (Wildman–Crippen MR) is 127 cm³/mol. The molecule has 0 aromatic carbocycles. The molecule has 2 fully saturated rings. The summed E-state index contributed by atoms with van der Waals surface area (Å²) < 4.78 is 0. The standard InChI is InChI=1S/C24H33N5OS/c1-16-21(29-14-24(3,4)19-7-5-6-8-20(19)29)27-15-28-23(16)31-17(2)22(30)26-13-18-9-11-25-12-10-18/h7-8,15,18,25H,2,5-6,9-14H2,1,3-4H3,(H,26,30). The van der Waals surface area contributed by atoms with Crippen molar-refractivity contribution in [3.63, 3.8) is 0 Å². The number of nitrogens with one attached hydrogen (secondary N) is 2.